The molecular weight excluding hydrogens is 352 g/mol. The molecule has 3 N–H and O–H groups in total. The summed E-state index contributed by atoms with van der Waals surface area (Å²) < 4.78 is 0. The molecule has 4 fully saturated rings. The molecular formula is C24H40O4. The van der Waals surface area contributed by atoms with Crippen molar-refractivity contribution < 1.29 is 20.1 Å². The van der Waals surface area contributed by atoms with E-state index in [1.165, 1.54) is 19.3 Å². The molecule has 0 spiro atoms. The highest BCUT2D eigenvalue weighted by molar-refractivity contribution is 5.66. The molecule has 0 radical (unpaired) electrons. The Morgan fingerprint density at radius 3 is 2.50 bits per heavy atom. The Bertz CT molecular complexity index is 605. The normalized spacial score (nSPS) is 51.7. The van der Waals surface area contributed by atoms with Crippen molar-refractivity contribution in [2.24, 2.45) is 46.3 Å². The van der Waals surface area contributed by atoms with E-state index in [1.807, 2.05) is 0 Å². The molecule has 28 heavy (non-hydrogen) atoms. The summed E-state index contributed by atoms with van der Waals surface area (Å²) in [7, 11) is 0. The Labute approximate surface area is 170 Å². The maximum absolute atomic E-state index is 11.5. The molecule has 4 rings (SSSR count). The molecule has 4 aliphatic rings. The quantitative estimate of drug-likeness (QED) is 0.659. The van der Waals surface area contributed by atoms with Crippen LogP contribution in [-0.4, -0.2) is 33.5 Å². The topological polar surface area (TPSA) is 77.8 Å². The number of aliphatic hydroxyl groups is 2. The van der Waals surface area contributed by atoms with Crippen LogP contribution in [0.4, 0.5) is 0 Å². The minimum absolute atomic E-state index is 0.0591. The molecule has 0 aromatic carbocycles. The van der Waals surface area contributed by atoms with Crippen molar-refractivity contribution in [2.75, 3.05) is 0 Å². The second kappa shape index (κ2) is 7.27. The van der Waals surface area contributed by atoms with Crippen molar-refractivity contribution in [1.82, 2.24) is 0 Å². The molecule has 4 nitrogen and oxygen atoms in total. The predicted molar refractivity (Wildman–Crippen MR) is 109 cm³/mol. The van der Waals surface area contributed by atoms with Crippen molar-refractivity contribution in [2.45, 2.75) is 97.2 Å². The van der Waals surface area contributed by atoms with Crippen LogP contribution in [0.2, 0.25) is 0 Å². The van der Waals surface area contributed by atoms with Gasteiger partial charge in [-0.3, -0.25) is 4.79 Å². The summed E-state index contributed by atoms with van der Waals surface area (Å²) in [6, 6.07) is 0. The van der Waals surface area contributed by atoms with Crippen LogP contribution in [-0.2, 0) is 4.79 Å². The summed E-state index contributed by atoms with van der Waals surface area (Å²) in [6.07, 6.45) is 9.26. The summed E-state index contributed by atoms with van der Waals surface area (Å²) in [4.78, 5) is 11.1. The Hall–Kier alpha value is -0.610. The Morgan fingerprint density at radius 2 is 1.79 bits per heavy atom. The zero-order valence-electron chi connectivity index (χ0n) is 17.9. The first kappa shape index (κ1) is 20.7. The number of aliphatic hydroxyl groups excluding tert-OH is 2. The first-order valence-corrected chi connectivity index (χ1v) is 11.8. The van der Waals surface area contributed by atoms with Gasteiger partial charge in [-0.15, -0.1) is 0 Å². The van der Waals surface area contributed by atoms with Crippen molar-refractivity contribution in [1.29, 1.82) is 0 Å². The highest BCUT2D eigenvalue weighted by atomic mass is 16.4. The highest BCUT2D eigenvalue weighted by Gasteiger charge is 2.63. The number of carbonyl (C=O) groups is 1. The van der Waals surface area contributed by atoms with Crippen LogP contribution in [0.1, 0.15) is 85.0 Å². The lowest BCUT2D eigenvalue weighted by Gasteiger charge is -2.62. The highest BCUT2D eigenvalue weighted by Crippen LogP contribution is 2.68. The smallest absolute Gasteiger partial charge is 0.303 e. The number of hydrogen-bond donors (Lipinski definition) is 3. The van der Waals surface area contributed by atoms with Crippen LogP contribution < -0.4 is 0 Å². The van der Waals surface area contributed by atoms with Crippen LogP contribution in [0.25, 0.3) is 0 Å². The minimum atomic E-state index is -0.707. The number of hydrogen-bond acceptors (Lipinski definition) is 3. The van der Waals surface area contributed by atoms with E-state index in [-0.39, 0.29) is 29.5 Å². The summed E-state index contributed by atoms with van der Waals surface area (Å²) in [5, 5.41) is 30.8. The Kier molecular flexibility index (Phi) is 5.36. The summed E-state index contributed by atoms with van der Waals surface area (Å²) in [6.45, 7) is 6.99. The fraction of sp³-hybridized carbons (Fsp3) is 0.958. The lowest BCUT2D eigenvalue weighted by atomic mass is 9.43. The molecule has 0 heterocycles. The molecule has 10 atom stereocenters. The van der Waals surface area contributed by atoms with Gasteiger partial charge in [0.15, 0.2) is 0 Å². The zero-order chi connectivity index (χ0) is 20.3. The van der Waals surface area contributed by atoms with Crippen molar-refractivity contribution in [3.05, 3.63) is 0 Å². The fourth-order valence-corrected chi connectivity index (χ4v) is 8.71. The second-order valence-corrected chi connectivity index (χ2v) is 11.3. The van der Waals surface area contributed by atoms with Crippen molar-refractivity contribution in [3.8, 4) is 0 Å². The van der Waals surface area contributed by atoms with Crippen LogP contribution in [0.5, 0.6) is 0 Å². The Morgan fingerprint density at radius 1 is 1.04 bits per heavy atom. The van der Waals surface area contributed by atoms with Gasteiger partial charge in [0.2, 0.25) is 0 Å². The molecule has 0 bridgehead atoms. The number of fused-ring (bicyclic) bond motifs is 5. The van der Waals surface area contributed by atoms with Crippen LogP contribution >= 0.6 is 0 Å². The average Bonchev–Trinajstić information content (AvgIpc) is 3.00. The molecule has 0 aromatic heterocycles. The van der Waals surface area contributed by atoms with E-state index in [1.54, 1.807) is 0 Å². The second-order valence-electron chi connectivity index (χ2n) is 11.3. The van der Waals surface area contributed by atoms with Crippen molar-refractivity contribution in [3.63, 3.8) is 0 Å². The fourth-order valence-electron chi connectivity index (χ4n) is 8.71. The number of aliphatic carboxylic acids is 1. The standard InChI is InChI=1S/C24H40O4/c1-14(4-9-22(27)28)18-7-8-19-17-6-5-15-12-16(25)10-11-23(15,2)20(17)13-21(26)24(18,19)3/h14-21,25-26H,4-13H2,1-3H3,(H,27,28)/t14-,15-,16-,17+,18+,19+,20+,21-,23-,24+/m0/s1. The maximum atomic E-state index is 11.5. The van der Waals surface area contributed by atoms with Gasteiger partial charge in [0.05, 0.1) is 12.2 Å². The third-order valence-corrected chi connectivity index (χ3v) is 10.3. The Balaban J connectivity index is 1.56. The number of carboxylic acids is 1. The van der Waals surface area contributed by atoms with Gasteiger partial charge in [-0.05, 0) is 104 Å². The molecule has 160 valence electrons. The van der Waals surface area contributed by atoms with Gasteiger partial charge in [0.1, 0.15) is 0 Å². The lowest BCUT2D eigenvalue weighted by Crippen LogP contribution is -2.58. The maximum Gasteiger partial charge on any atom is 0.303 e. The van der Waals surface area contributed by atoms with Gasteiger partial charge >= 0.3 is 5.97 Å². The number of carboxylic acid groups (broad SMARTS) is 1. The zero-order valence-corrected chi connectivity index (χ0v) is 17.9. The molecule has 4 aliphatic carbocycles. The third-order valence-electron chi connectivity index (χ3n) is 10.3. The monoisotopic (exact) mass is 392 g/mol. The van der Waals surface area contributed by atoms with E-state index in [0.29, 0.717) is 35.5 Å². The molecule has 0 aliphatic heterocycles. The van der Waals surface area contributed by atoms with Gasteiger partial charge in [-0.1, -0.05) is 20.8 Å². The third kappa shape index (κ3) is 3.05. The van der Waals surface area contributed by atoms with Crippen LogP contribution in [0.15, 0.2) is 0 Å². The predicted octanol–water partition coefficient (Wildman–Crippen LogP) is 4.48. The summed E-state index contributed by atoms with van der Waals surface area (Å²) in [5.74, 6) is 2.55. The van der Waals surface area contributed by atoms with E-state index < -0.39 is 5.97 Å². The molecule has 0 amide bonds. The molecule has 4 saturated carbocycles. The average molecular weight is 393 g/mol. The van der Waals surface area contributed by atoms with Gasteiger partial charge in [-0.25, -0.2) is 0 Å². The van der Waals surface area contributed by atoms with Crippen LogP contribution in [0, 0.1) is 46.3 Å². The molecule has 0 unspecified atom stereocenters. The minimum Gasteiger partial charge on any atom is -0.481 e. The van der Waals surface area contributed by atoms with Gasteiger partial charge in [-0.2, -0.15) is 0 Å². The first-order chi connectivity index (χ1) is 13.2. The number of rotatable bonds is 4. The SMILES string of the molecule is C[C@@H](CCC(=O)O)[C@H]1CC[C@@H]2[C@H]3CC[C@H]4C[C@@H](O)CC[C@]4(C)[C@@H]3C[C@H](O)[C@@]21C. The summed E-state index contributed by atoms with van der Waals surface area (Å²) >= 11 is 0. The van der Waals surface area contributed by atoms with E-state index in [4.69, 9.17) is 5.11 Å². The van der Waals surface area contributed by atoms with E-state index in [0.717, 1.165) is 38.5 Å². The first-order valence-electron chi connectivity index (χ1n) is 11.8. The van der Waals surface area contributed by atoms with Crippen LogP contribution in [0.3, 0.4) is 0 Å². The van der Waals surface area contributed by atoms with E-state index in [2.05, 4.69) is 20.8 Å². The van der Waals surface area contributed by atoms with Gasteiger partial charge in [0, 0.05) is 6.42 Å². The van der Waals surface area contributed by atoms with Crippen molar-refractivity contribution >= 4 is 5.97 Å². The molecule has 0 saturated heterocycles. The van der Waals surface area contributed by atoms with E-state index >= 15 is 0 Å². The van der Waals surface area contributed by atoms with Gasteiger partial charge in [0.25, 0.3) is 0 Å². The van der Waals surface area contributed by atoms with E-state index in [9.17, 15) is 15.0 Å². The molecule has 0 aromatic rings. The molecule has 4 heteroatoms. The lowest BCUT2D eigenvalue weighted by molar-refractivity contribution is -0.175. The largest absolute Gasteiger partial charge is 0.481 e. The summed E-state index contributed by atoms with van der Waals surface area (Å²) in [5.41, 5.74) is 0.216. The van der Waals surface area contributed by atoms with Gasteiger partial charge < -0.3 is 15.3 Å².